The fourth-order valence-corrected chi connectivity index (χ4v) is 3.37. The van der Waals surface area contributed by atoms with Crippen molar-refractivity contribution in [3.05, 3.63) is 94.9 Å². The van der Waals surface area contributed by atoms with E-state index in [1.807, 2.05) is 49.4 Å². The van der Waals surface area contributed by atoms with Crippen LogP contribution in [-0.4, -0.2) is 22.9 Å². The molecule has 1 heterocycles. The Kier molecular flexibility index (Phi) is 5.67. The molecule has 0 aliphatic heterocycles. The number of aromatic nitrogens is 1. The van der Waals surface area contributed by atoms with Gasteiger partial charge in [-0.3, -0.25) is 4.79 Å². The molecule has 0 fully saturated rings. The Morgan fingerprint density at radius 2 is 1.90 bits per heavy atom. The minimum atomic E-state index is -0.202. The number of methoxy groups -OCH3 is 1. The van der Waals surface area contributed by atoms with E-state index in [0.717, 1.165) is 22.4 Å². The number of fused-ring (bicyclic) bond motifs is 1. The van der Waals surface area contributed by atoms with Crippen LogP contribution in [-0.2, 0) is 13.1 Å². The first-order chi connectivity index (χ1) is 15.1. The third-order valence-corrected chi connectivity index (χ3v) is 4.97. The van der Waals surface area contributed by atoms with Gasteiger partial charge in [0.05, 0.1) is 25.3 Å². The topological polar surface area (TPSA) is 79.4 Å². The van der Waals surface area contributed by atoms with Gasteiger partial charge in [-0.15, -0.1) is 0 Å². The van der Waals surface area contributed by atoms with E-state index in [1.165, 1.54) is 0 Å². The van der Waals surface area contributed by atoms with Gasteiger partial charge in [-0.25, -0.2) is 4.98 Å². The van der Waals surface area contributed by atoms with Crippen molar-refractivity contribution in [2.75, 3.05) is 7.11 Å². The van der Waals surface area contributed by atoms with E-state index in [1.54, 1.807) is 36.3 Å². The minimum Gasteiger partial charge on any atom is -0.497 e. The molecule has 0 saturated carbocycles. The molecule has 0 spiro atoms. The molecule has 0 atom stereocenters. The molecule has 154 valence electrons. The molecule has 1 aromatic heterocycles. The summed E-state index contributed by atoms with van der Waals surface area (Å²) < 4.78 is 11.1. The maximum absolute atomic E-state index is 13.3. The zero-order valence-electron chi connectivity index (χ0n) is 17.3. The molecule has 0 saturated heterocycles. The Morgan fingerprint density at radius 1 is 1.10 bits per heavy atom. The summed E-state index contributed by atoms with van der Waals surface area (Å²) in [5.74, 6) is 1.00. The molecule has 0 bridgehead atoms. The van der Waals surface area contributed by atoms with Crippen molar-refractivity contribution >= 4 is 17.0 Å². The van der Waals surface area contributed by atoms with Gasteiger partial charge in [0.25, 0.3) is 5.91 Å². The highest BCUT2D eigenvalue weighted by atomic mass is 16.5. The summed E-state index contributed by atoms with van der Waals surface area (Å²) in [5.41, 5.74) is 4.36. The van der Waals surface area contributed by atoms with Crippen LogP contribution in [0.1, 0.15) is 32.9 Å². The highest BCUT2D eigenvalue weighted by Crippen LogP contribution is 2.21. The molecule has 0 radical (unpaired) electrons. The fourth-order valence-electron chi connectivity index (χ4n) is 3.37. The van der Waals surface area contributed by atoms with Crippen molar-refractivity contribution in [1.82, 2.24) is 9.88 Å². The molecular weight excluding hydrogens is 390 g/mol. The van der Waals surface area contributed by atoms with Gasteiger partial charge in [-0.1, -0.05) is 24.3 Å². The standard InChI is InChI=1S/C25H21N3O3/c1-17-6-11-23-22(12-17)27-24(31-23)16-28(15-18-7-9-21(30-2)10-8-18)25(29)20-5-3-4-19(13-20)14-26/h3-13H,15-16H2,1-2H3. The number of ether oxygens (including phenoxy) is 1. The van der Waals surface area contributed by atoms with E-state index in [-0.39, 0.29) is 12.5 Å². The predicted octanol–water partition coefficient (Wildman–Crippen LogP) is 4.86. The first kappa shape index (κ1) is 20.2. The van der Waals surface area contributed by atoms with E-state index in [2.05, 4.69) is 11.1 Å². The molecule has 1 amide bonds. The first-order valence-electron chi connectivity index (χ1n) is 9.84. The second kappa shape index (κ2) is 8.72. The van der Waals surface area contributed by atoms with Crippen LogP contribution < -0.4 is 4.74 Å². The Morgan fingerprint density at radius 3 is 2.65 bits per heavy atom. The number of carbonyl (C=O) groups excluding carboxylic acids is 1. The van der Waals surface area contributed by atoms with E-state index in [4.69, 9.17) is 9.15 Å². The van der Waals surface area contributed by atoms with E-state index < -0.39 is 0 Å². The summed E-state index contributed by atoms with van der Waals surface area (Å²) in [4.78, 5) is 19.6. The molecule has 6 heteroatoms. The van der Waals surface area contributed by atoms with Crippen molar-refractivity contribution in [3.63, 3.8) is 0 Å². The second-order valence-corrected chi connectivity index (χ2v) is 7.28. The maximum atomic E-state index is 13.3. The van der Waals surface area contributed by atoms with Crippen molar-refractivity contribution in [2.24, 2.45) is 0 Å². The largest absolute Gasteiger partial charge is 0.497 e. The molecule has 6 nitrogen and oxygen atoms in total. The molecular formula is C25H21N3O3. The highest BCUT2D eigenvalue weighted by Gasteiger charge is 2.20. The third-order valence-electron chi connectivity index (χ3n) is 4.97. The van der Waals surface area contributed by atoms with Crippen LogP contribution in [0.15, 0.2) is 71.1 Å². The number of hydrogen-bond donors (Lipinski definition) is 0. The summed E-state index contributed by atoms with van der Waals surface area (Å²) in [6.45, 7) is 2.56. The van der Waals surface area contributed by atoms with Gasteiger partial charge in [-0.05, 0) is 60.5 Å². The Bertz CT molecular complexity index is 1270. The van der Waals surface area contributed by atoms with E-state index >= 15 is 0 Å². The number of amides is 1. The quantitative estimate of drug-likeness (QED) is 0.453. The van der Waals surface area contributed by atoms with Crippen molar-refractivity contribution < 1.29 is 13.9 Å². The van der Waals surface area contributed by atoms with E-state index in [0.29, 0.717) is 29.1 Å². The second-order valence-electron chi connectivity index (χ2n) is 7.28. The minimum absolute atomic E-state index is 0.202. The van der Waals surface area contributed by atoms with Gasteiger partial charge in [0, 0.05) is 12.1 Å². The normalized spacial score (nSPS) is 10.6. The number of nitriles is 1. The zero-order valence-corrected chi connectivity index (χ0v) is 17.3. The smallest absolute Gasteiger partial charge is 0.254 e. The Hall–Kier alpha value is -4.11. The summed E-state index contributed by atoms with van der Waals surface area (Å²) in [6.07, 6.45) is 0. The number of rotatable bonds is 6. The maximum Gasteiger partial charge on any atom is 0.254 e. The monoisotopic (exact) mass is 411 g/mol. The fraction of sp³-hybridized carbons (Fsp3) is 0.160. The van der Waals surface area contributed by atoms with Gasteiger partial charge in [0.1, 0.15) is 11.3 Å². The van der Waals surface area contributed by atoms with Crippen LogP contribution in [0.3, 0.4) is 0 Å². The Balaban J connectivity index is 1.66. The Labute approximate surface area is 180 Å². The van der Waals surface area contributed by atoms with Crippen molar-refractivity contribution in [3.8, 4) is 11.8 Å². The van der Waals surface area contributed by atoms with Gasteiger partial charge >= 0.3 is 0 Å². The number of nitrogens with zero attached hydrogens (tertiary/aromatic N) is 3. The number of carbonyl (C=O) groups is 1. The number of oxazole rings is 1. The summed E-state index contributed by atoms with van der Waals surface area (Å²) >= 11 is 0. The first-order valence-corrected chi connectivity index (χ1v) is 9.84. The summed E-state index contributed by atoms with van der Waals surface area (Å²) in [7, 11) is 1.61. The molecule has 31 heavy (non-hydrogen) atoms. The molecule has 3 aromatic carbocycles. The number of hydrogen-bond acceptors (Lipinski definition) is 5. The predicted molar refractivity (Wildman–Crippen MR) is 116 cm³/mol. The van der Waals surface area contributed by atoms with Gasteiger partial charge in [0.15, 0.2) is 5.58 Å². The van der Waals surface area contributed by atoms with Crippen LogP contribution in [0, 0.1) is 18.3 Å². The highest BCUT2D eigenvalue weighted by molar-refractivity contribution is 5.94. The lowest BCUT2D eigenvalue weighted by atomic mass is 10.1. The molecule has 0 aliphatic carbocycles. The lowest BCUT2D eigenvalue weighted by Gasteiger charge is -2.21. The average Bonchev–Trinajstić information content (AvgIpc) is 3.20. The van der Waals surface area contributed by atoms with Gasteiger partial charge < -0.3 is 14.1 Å². The van der Waals surface area contributed by atoms with Crippen LogP contribution >= 0.6 is 0 Å². The number of aryl methyl sites for hydroxylation is 1. The average molecular weight is 411 g/mol. The zero-order chi connectivity index (χ0) is 21.8. The van der Waals surface area contributed by atoms with Gasteiger partial charge in [0.2, 0.25) is 5.89 Å². The lowest BCUT2D eigenvalue weighted by molar-refractivity contribution is 0.0715. The lowest BCUT2D eigenvalue weighted by Crippen LogP contribution is -2.30. The van der Waals surface area contributed by atoms with Crippen molar-refractivity contribution in [1.29, 1.82) is 5.26 Å². The molecule has 0 N–H and O–H groups in total. The summed E-state index contributed by atoms with van der Waals surface area (Å²) in [6, 6.07) is 22.1. The SMILES string of the molecule is COc1ccc(CN(Cc2nc3cc(C)ccc3o2)C(=O)c2cccc(C#N)c2)cc1. The van der Waals surface area contributed by atoms with Crippen LogP contribution in [0.4, 0.5) is 0 Å². The molecule has 0 aliphatic rings. The van der Waals surface area contributed by atoms with Crippen molar-refractivity contribution in [2.45, 2.75) is 20.0 Å². The van der Waals surface area contributed by atoms with Gasteiger partial charge in [-0.2, -0.15) is 5.26 Å². The van der Waals surface area contributed by atoms with Crippen LogP contribution in [0.2, 0.25) is 0 Å². The molecule has 4 aromatic rings. The molecule has 0 unspecified atom stereocenters. The van der Waals surface area contributed by atoms with Crippen LogP contribution in [0.25, 0.3) is 11.1 Å². The van der Waals surface area contributed by atoms with E-state index in [9.17, 15) is 10.1 Å². The third kappa shape index (κ3) is 4.57. The van der Waals surface area contributed by atoms with Crippen LogP contribution in [0.5, 0.6) is 5.75 Å². The summed E-state index contributed by atoms with van der Waals surface area (Å²) in [5, 5.41) is 9.19. The molecule has 4 rings (SSSR count). The number of benzene rings is 3.